The number of halogens is 1. The number of rotatable bonds is 6. The summed E-state index contributed by atoms with van der Waals surface area (Å²) in [7, 11) is 0. The highest BCUT2D eigenvalue weighted by Crippen LogP contribution is 2.29. The van der Waals surface area contributed by atoms with E-state index < -0.39 is 18.1 Å². The molecule has 0 amide bonds. The highest BCUT2D eigenvalue weighted by atomic mass is 35.5. The van der Waals surface area contributed by atoms with Crippen molar-refractivity contribution < 1.29 is 14.6 Å². The fraction of sp³-hybridized carbons (Fsp3) is 0.200. The van der Waals surface area contributed by atoms with Crippen molar-refractivity contribution in [2.45, 2.75) is 20.0 Å². The molecule has 148 valence electrons. The number of carboxylic acids is 1. The molecular weight excluding hydrogens is 396 g/mol. The lowest BCUT2D eigenvalue weighted by Gasteiger charge is -2.09. The Balaban J connectivity index is 1.80. The van der Waals surface area contributed by atoms with Crippen molar-refractivity contribution >= 4 is 39.2 Å². The van der Waals surface area contributed by atoms with E-state index in [9.17, 15) is 9.59 Å². The van der Waals surface area contributed by atoms with E-state index in [-0.39, 0.29) is 6.54 Å². The fourth-order valence-electron chi connectivity index (χ4n) is 3.23. The zero-order valence-corrected chi connectivity index (χ0v) is 16.3. The maximum atomic E-state index is 12.5. The first-order chi connectivity index (χ1) is 14.0. The lowest BCUT2D eigenvalue weighted by atomic mass is 10.1. The molecular formula is C20H17ClN4O4. The number of hydrogen-bond donors (Lipinski definition) is 1. The quantitative estimate of drug-likeness (QED) is 0.522. The van der Waals surface area contributed by atoms with E-state index in [1.54, 1.807) is 28.9 Å². The van der Waals surface area contributed by atoms with Gasteiger partial charge in [-0.3, -0.25) is 14.3 Å². The Kier molecular flexibility index (Phi) is 4.94. The summed E-state index contributed by atoms with van der Waals surface area (Å²) in [6, 6.07) is 10.5. The molecule has 0 saturated heterocycles. The van der Waals surface area contributed by atoms with Crippen molar-refractivity contribution in [3.8, 4) is 5.75 Å². The number of aliphatic carboxylic acids is 1. The van der Waals surface area contributed by atoms with Crippen LogP contribution in [0.15, 0.2) is 47.4 Å². The molecule has 0 aliphatic carbocycles. The number of benzene rings is 2. The Morgan fingerprint density at radius 3 is 2.69 bits per heavy atom. The van der Waals surface area contributed by atoms with Crippen LogP contribution in [0.4, 0.5) is 0 Å². The predicted molar refractivity (Wildman–Crippen MR) is 109 cm³/mol. The second-order valence-corrected chi connectivity index (χ2v) is 6.86. The molecule has 0 atom stereocenters. The summed E-state index contributed by atoms with van der Waals surface area (Å²) in [5, 5.41) is 20.3. The zero-order valence-electron chi connectivity index (χ0n) is 15.5. The zero-order chi connectivity index (χ0) is 20.5. The van der Waals surface area contributed by atoms with Crippen LogP contribution in [-0.2, 0) is 17.9 Å². The Bertz CT molecular complexity index is 1300. The number of nitrogens with zero attached hydrogens (tertiary/aromatic N) is 4. The van der Waals surface area contributed by atoms with Crippen molar-refractivity contribution in [1.82, 2.24) is 19.6 Å². The average molecular weight is 413 g/mol. The van der Waals surface area contributed by atoms with Crippen LogP contribution in [0, 0.1) is 0 Å². The first-order valence-electron chi connectivity index (χ1n) is 8.96. The minimum atomic E-state index is -1.14. The molecule has 4 aromatic rings. The Morgan fingerprint density at radius 1 is 1.21 bits per heavy atom. The molecule has 29 heavy (non-hydrogen) atoms. The van der Waals surface area contributed by atoms with Gasteiger partial charge in [-0.2, -0.15) is 10.2 Å². The topological polar surface area (TPSA) is 99.2 Å². The molecule has 9 heteroatoms. The monoisotopic (exact) mass is 412 g/mol. The van der Waals surface area contributed by atoms with Crippen LogP contribution < -0.4 is 10.3 Å². The number of aromatic nitrogens is 4. The minimum absolute atomic E-state index is 0.261. The summed E-state index contributed by atoms with van der Waals surface area (Å²) in [5.41, 5.74) is 0.803. The van der Waals surface area contributed by atoms with E-state index in [1.165, 1.54) is 0 Å². The number of ether oxygens (including phenoxy) is 1. The summed E-state index contributed by atoms with van der Waals surface area (Å²) >= 11 is 6.24. The molecule has 0 bridgehead atoms. The van der Waals surface area contributed by atoms with Gasteiger partial charge in [-0.25, -0.2) is 4.68 Å². The van der Waals surface area contributed by atoms with E-state index >= 15 is 0 Å². The van der Waals surface area contributed by atoms with E-state index in [2.05, 4.69) is 10.2 Å². The number of hydrogen-bond acceptors (Lipinski definition) is 5. The number of carboxylic acid groups (broad SMARTS) is 1. The Morgan fingerprint density at radius 2 is 1.97 bits per heavy atom. The smallest absolute Gasteiger partial charge is 0.325 e. The third-order valence-corrected chi connectivity index (χ3v) is 4.74. The first kappa shape index (κ1) is 18.9. The highest BCUT2D eigenvalue weighted by Gasteiger charge is 2.14. The van der Waals surface area contributed by atoms with Gasteiger partial charge < -0.3 is 9.84 Å². The molecule has 0 aliphatic rings. The second-order valence-electron chi connectivity index (χ2n) is 6.45. The number of fused-ring (bicyclic) bond motifs is 2. The number of carbonyl (C=O) groups is 1. The van der Waals surface area contributed by atoms with Gasteiger partial charge in [0.1, 0.15) is 12.3 Å². The average Bonchev–Trinajstić information content (AvgIpc) is 3.06. The fourth-order valence-corrected chi connectivity index (χ4v) is 3.45. The highest BCUT2D eigenvalue weighted by molar-refractivity contribution is 6.32. The van der Waals surface area contributed by atoms with Crippen molar-refractivity contribution in [3.05, 3.63) is 63.7 Å². The van der Waals surface area contributed by atoms with Gasteiger partial charge in [-0.1, -0.05) is 29.8 Å². The van der Waals surface area contributed by atoms with Crippen LogP contribution in [-0.4, -0.2) is 37.2 Å². The summed E-state index contributed by atoms with van der Waals surface area (Å²) in [5.74, 6) is -0.552. The maximum Gasteiger partial charge on any atom is 0.325 e. The molecule has 0 unspecified atom stereocenters. The normalized spacial score (nSPS) is 11.2. The molecule has 2 aromatic heterocycles. The summed E-state index contributed by atoms with van der Waals surface area (Å²) in [6.07, 6.45) is 1.83. The molecule has 2 aromatic carbocycles. The van der Waals surface area contributed by atoms with Crippen LogP contribution in [0.1, 0.15) is 12.6 Å². The van der Waals surface area contributed by atoms with Gasteiger partial charge in [0, 0.05) is 17.0 Å². The van der Waals surface area contributed by atoms with Gasteiger partial charge >= 0.3 is 5.97 Å². The largest absolute Gasteiger partial charge is 0.492 e. The standard InChI is InChI=1S/C20H17ClN4O4/c1-2-29-18-7-12-9-24(22-16(12)8-15(18)21)10-17-13-5-3-4-6-14(13)20(28)25(23-17)11-19(26)27/h3-9H,2,10-11H2,1H3,(H,26,27). The van der Waals surface area contributed by atoms with Crippen molar-refractivity contribution in [3.63, 3.8) is 0 Å². The SMILES string of the molecule is CCOc1cc2cn(Cc3nn(CC(=O)O)c(=O)c4ccccc34)nc2cc1Cl. The molecule has 4 rings (SSSR count). The van der Waals surface area contributed by atoms with Gasteiger partial charge in [0.05, 0.1) is 34.8 Å². The van der Waals surface area contributed by atoms with Gasteiger partial charge in [0.15, 0.2) is 0 Å². The van der Waals surface area contributed by atoms with Crippen LogP contribution in [0.2, 0.25) is 5.02 Å². The molecule has 0 fully saturated rings. The lowest BCUT2D eigenvalue weighted by molar-refractivity contribution is -0.138. The molecule has 8 nitrogen and oxygen atoms in total. The predicted octanol–water partition coefficient (Wildman–Crippen LogP) is 2.93. The minimum Gasteiger partial charge on any atom is -0.492 e. The summed E-state index contributed by atoms with van der Waals surface area (Å²) in [4.78, 5) is 23.7. The maximum absolute atomic E-state index is 12.5. The summed E-state index contributed by atoms with van der Waals surface area (Å²) < 4.78 is 8.17. The van der Waals surface area contributed by atoms with E-state index in [1.807, 2.05) is 25.3 Å². The second kappa shape index (κ2) is 7.56. The van der Waals surface area contributed by atoms with E-state index in [4.69, 9.17) is 21.4 Å². The van der Waals surface area contributed by atoms with Crippen LogP contribution in [0.3, 0.4) is 0 Å². The lowest BCUT2D eigenvalue weighted by Crippen LogP contribution is -2.28. The first-order valence-corrected chi connectivity index (χ1v) is 9.34. The van der Waals surface area contributed by atoms with E-state index in [0.717, 1.165) is 10.1 Å². The van der Waals surface area contributed by atoms with Crippen molar-refractivity contribution in [1.29, 1.82) is 0 Å². The molecule has 0 radical (unpaired) electrons. The van der Waals surface area contributed by atoms with Gasteiger partial charge in [-0.15, -0.1) is 0 Å². The van der Waals surface area contributed by atoms with Gasteiger partial charge in [0.2, 0.25) is 0 Å². The molecule has 0 spiro atoms. The van der Waals surface area contributed by atoms with Crippen molar-refractivity contribution in [2.24, 2.45) is 0 Å². The molecule has 0 saturated carbocycles. The van der Waals surface area contributed by atoms with Crippen molar-refractivity contribution in [2.75, 3.05) is 6.61 Å². The molecule has 2 heterocycles. The Hall–Kier alpha value is -3.39. The Labute approximate surface area is 169 Å². The third kappa shape index (κ3) is 3.66. The molecule has 0 aliphatic heterocycles. The van der Waals surface area contributed by atoms with E-state index in [0.29, 0.717) is 39.4 Å². The van der Waals surface area contributed by atoms with Crippen LogP contribution >= 0.6 is 11.6 Å². The van der Waals surface area contributed by atoms with Crippen LogP contribution in [0.25, 0.3) is 21.7 Å². The van der Waals surface area contributed by atoms with Gasteiger partial charge in [0.25, 0.3) is 5.56 Å². The molecule has 1 N–H and O–H groups in total. The van der Waals surface area contributed by atoms with Crippen LogP contribution in [0.5, 0.6) is 5.75 Å². The van der Waals surface area contributed by atoms with Gasteiger partial charge in [-0.05, 0) is 25.1 Å². The summed E-state index contributed by atoms with van der Waals surface area (Å²) in [6.45, 7) is 2.13. The third-order valence-electron chi connectivity index (χ3n) is 4.45.